The van der Waals surface area contributed by atoms with Gasteiger partial charge in [-0.2, -0.15) is 10.1 Å². The molecule has 1 saturated carbocycles. The van der Waals surface area contributed by atoms with Crippen LogP contribution in [-0.2, 0) is 11.3 Å². The number of primary amides is 1. The zero-order valence-corrected chi connectivity index (χ0v) is 16.5. The smallest absolute Gasteiger partial charge is 0.254 e. The van der Waals surface area contributed by atoms with Crippen LogP contribution in [-0.4, -0.2) is 55.4 Å². The molecule has 0 radical (unpaired) electrons. The average molecular weight is 414 g/mol. The first-order valence-electron chi connectivity index (χ1n) is 9.75. The van der Waals surface area contributed by atoms with Crippen LogP contribution >= 0.6 is 0 Å². The summed E-state index contributed by atoms with van der Waals surface area (Å²) >= 11 is 0. The maximum atomic E-state index is 11.8. The summed E-state index contributed by atoms with van der Waals surface area (Å²) in [6.07, 6.45) is 9.19. The van der Waals surface area contributed by atoms with Gasteiger partial charge in [-0.05, 0) is 31.8 Å². The summed E-state index contributed by atoms with van der Waals surface area (Å²) in [7, 11) is 0. The number of anilines is 3. The molecule has 2 amide bonds. The maximum Gasteiger partial charge on any atom is 0.254 e. The van der Waals surface area contributed by atoms with Crippen LogP contribution in [0, 0.1) is 0 Å². The third-order valence-electron chi connectivity index (χ3n) is 4.87. The van der Waals surface area contributed by atoms with E-state index in [1.54, 1.807) is 17.1 Å². The monoisotopic (exact) mass is 414 g/mol. The molecule has 1 aliphatic rings. The Hall–Kier alpha value is -3.47. The average Bonchev–Trinajstić information content (AvgIpc) is 3.16. The van der Waals surface area contributed by atoms with E-state index in [4.69, 9.17) is 10.8 Å². The highest BCUT2D eigenvalue weighted by Crippen LogP contribution is 2.24. The molecule has 30 heavy (non-hydrogen) atoms. The van der Waals surface area contributed by atoms with Crippen molar-refractivity contribution in [2.45, 2.75) is 44.3 Å². The molecule has 2 aromatic heterocycles. The van der Waals surface area contributed by atoms with E-state index in [9.17, 15) is 9.59 Å². The first-order valence-corrected chi connectivity index (χ1v) is 9.75. The summed E-state index contributed by atoms with van der Waals surface area (Å²) in [6, 6.07) is 0.206. The maximum absolute atomic E-state index is 11.8. The van der Waals surface area contributed by atoms with E-state index in [-0.39, 0.29) is 36.1 Å². The molecule has 160 valence electrons. The highest BCUT2D eigenvalue weighted by Gasteiger charge is 2.24. The number of aromatic nitrogens is 4. The molecule has 6 N–H and O–H groups in total. The normalized spacial score (nSPS) is 18.4. The van der Waals surface area contributed by atoms with Gasteiger partial charge in [0.15, 0.2) is 0 Å². The molecule has 3 rings (SSSR count). The number of hydrogen-bond donors (Lipinski definition) is 5. The van der Waals surface area contributed by atoms with Crippen molar-refractivity contribution in [2.24, 2.45) is 5.73 Å². The summed E-state index contributed by atoms with van der Waals surface area (Å²) in [5.74, 6) is -0.137. The molecule has 2 heterocycles. The molecule has 0 aromatic carbocycles. The van der Waals surface area contributed by atoms with E-state index in [0.717, 1.165) is 25.7 Å². The summed E-state index contributed by atoms with van der Waals surface area (Å²) in [4.78, 5) is 31.8. The molecule has 0 saturated heterocycles. The molecule has 11 heteroatoms. The van der Waals surface area contributed by atoms with Crippen LogP contribution in [0.3, 0.4) is 0 Å². The standard InChI is InChI=1S/C19H26N8O3/c1-2-16(29)23-12-3-5-13(6-4-12)24-18-15(17(20)30)10-21-19(26-18)25-14-9-22-27(11-14)7-8-28/h2,9-13,28H,1,3-8H2,(H2,20,30)(H,23,29)(H2,21,24,25,26). The number of aliphatic hydroxyl groups is 1. The lowest BCUT2D eigenvalue weighted by atomic mass is 9.91. The van der Waals surface area contributed by atoms with Gasteiger partial charge in [-0.3, -0.25) is 14.3 Å². The number of nitrogens with zero attached hydrogens (tertiary/aromatic N) is 4. The molecule has 0 bridgehead atoms. The second-order valence-corrected chi connectivity index (χ2v) is 7.07. The fraction of sp³-hybridized carbons (Fsp3) is 0.421. The number of amides is 2. The minimum absolute atomic E-state index is 0.0154. The van der Waals surface area contributed by atoms with Crippen LogP contribution in [0.5, 0.6) is 0 Å². The molecular formula is C19H26N8O3. The summed E-state index contributed by atoms with van der Waals surface area (Å²) in [6.45, 7) is 3.83. The zero-order valence-electron chi connectivity index (χ0n) is 16.5. The van der Waals surface area contributed by atoms with Crippen molar-refractivity contribution in [3.05, 3.63) is 36.8 Å². The minimum Gasteiger partial charge on any atom is -0.394 e. The molecule has 0 spiro atoms. The fourth-order valence-electron chi connectivity index (χ4n) is 3.35. The van der Waals surface area contributed by atoms with Crippen molar-refractivity contribution in [1.29, 1.82) is 0 Å². The summed E-state index contributed by atoms with van der Waals surface area (Å²) < 4.78 is 1.59. The second-order valence-electron chi connectivity index (χ2n) is 7.07. The van der Waals surface area contributed by atoms with Crippen LogP contribution in [0.2, 0.25) is 0 Å². The Balaban J connectivity index is 1.67. The number of rotatable bonds is 9. The SMILES string of the molecule is C=CC(=O)NC1CCC(Nc2nc(Nc3cnn(CCO)c3)ncc2C(N)=O)CC1. The molecule has 0 unspecified atom stereocenters. The fourth-order valence-corrected chi connectivity index (χ4v) is 3.35. The Morgan fingerprint density at radius 2 is 2.00 bits per heavy atom. The van der Waals surface area contributed by atoms with Crippen LogP contribution in [0.15, 0.2) is 31.2 Å². The van der Waals surface area contributed by atoms with Gasteiger partial charge in [0.05, 0.1) is 30.6 Å². The van der Waals surface area contributed by atoms with Crippen molar-refractivity contribution in [3.63, 3.8) is 0 Å². The van der Waals surface area contributed by atoms with E-state index in [2.05, 4.69) is 37.6 Å². The molecule has 0 aliphatic heterocycles. The Bertz CT molecular complexity index is 905. The van der Waals surface area contributed by atoms with E-state index in [0.29, 0.717) is 18.1 Å². The lowest BCUT2D eigenvalue weighted by Gasteiger charge is -2.30. The number of hydrogen-bond acceptors (Lipinski definition) is 8. The van der Waals surface area contributed by atoms with Gasteiger partial charge in [-0.25, -0.2) is 4.98 Å². The highest BCUT2D eigenvalue weighted by atomic mass is 16.3. The third kappa shape index (κ3) is 5.54. The van der Waals surface area contributed by atoms with Gasteiger partial charge in [-0.1, -0.05) is 6.58 Å². The molecular weight excluding hydrogens is 388 g/mol. The van der Waals surface area contributed by atoms with E-state index >= 15 is 0 Å². The van der Waals surface area contributed by atoms with Crippen LogP contribution < -0.4 is 21.7 Å². The number of nitrogens with two attached hydrogens (primary N) is 1. The number of nitrogens with one attached hydrogen (secondary N) is 3. The van der Waals surface area contributed by atoms with Gasteiger partial charge in [0.2, 0.25) is 11.9 Å². The van der Waals surface area contributed by atoms with E-state index in [1.165, 1.54) is 12.3 Å². The summed E-state index contributed by atoms with van der Waals surface area (Å²) in [5, 5.41) is 22.3. The largest absolute Gasteiger partial charge is 0.394 e. The van der Waals surface area contributed by atoms with Crippen molar-refractivity contribution in [3.8, 4) is 0 Å². The van der Waals surface area contributed by atoms with Crippen molar-refractivity contribution >= 4 is 29.3 Å². The van der Waals surface area contributed by atoms with Crippen molar-refractivity contribution in [1.82, 2.24) is 25.1 Å². The number of aliphatic hydroxyl groups excluding tert-OH is 1. The van der Waals surface area contributed by atoms with E-state index < -0.39 is 5.91 Å². The molecule has 2 aromatic rings. The first kappa shape index (κ1) is 21.2. The topological polar surface area (TPSA) is 160 Å². The van der Waals surface area contributed by atoms with Crippen LogP contribution in [0.4, 0.5) is 17.5 Å². The van der Waals surface area contributed by atoms with Gasteiger partial charge in [0, 0.05) is 24.5 Å². The van der Waals surface area contributed by atoms with Crippen LogP contribution in [0.1, 0.15) is 36.0 Å². The zero-order chi connectivity index (χ0) is 21.5. The lowest BCUT2D eigenvalue weighted by molar-refractivity contribution is -0.117. The Morgan fingerprint density at radius 3 is 2.67 bits per heavy atom. The predicted octanol–water partition coefficient (Wildman–Crippen LogP) is 0.533. The Kier molecular flexibility index (Phi) is 6.96. The first-order chi connectivity index (χ1) is 14.5. The van der Waals surface area contributed by atoms with Gasteiger partial charge in [0.1, 0.15) is 5.82 Å². The Labute approximate surface area is 173 Å². The van der Waals surface area contributed by atoms with Gasteiger partial charge >= 0.3 is 0 Å². The minimum atomic E-state index is -0.619. The third-order valence-corrected chi connectivity index (χ3v) is 4.87. The number of carbonyl (C=O) groups is 2. The van der Waals surface area contributed by atoms with Crippen LogP contribution in [0.25, 0.3) is 0 Å². The highest BCUT2D eigenvalue weighted by molar-refractivity contribution is 5.97. The molecule has 1 aliphatic carbocycles. The van der Waals surface area contributed by atoms with Gasteiger partial charge in [0.25, 0.3) is 5.91 Å². The summed E-state index contributed by atoms with van der Waals surface area (Å²) in [5.41, 5.74) is 6.34. The predicted molar refractivity (Wildman–Crippen MR) is 111 cm³/mol. The van der Waals surface area contributed by atoms with Crippen molar-refractivity contribution in [2.75, 3.05) is 17.2 Å². The van der Waals surface area contributed by atoms with Crippen molar-refractivity contribution < 1.29 is 14.7 Å². The lowest BCUT2D eigenvalue weighted by Crippen LogP contribution is -2.39. The molecule has 0 atom stereocenters. The Morgan fingerprint density at radius 1 is 1.27 bits per heavy atom. The van der Waals surface area contributed by atoms with E-state index in [1.807, 2.05) is 0 Å². The molecule has 11 nitrogen and oxygen atoms in total. The van der Waals surface area contributed by atoms with Gasteiger partial charge < -0.3 is 26.8 Å². The number of carbonyl (C=O) groups excluding carboxylic acids is 2. The molecule has 1 fully saturated rings. The second kappa shape index (κ2) is 9.83. The quantitative estimate of drug-likeness (QED) is 0.372. The van der Waals surface area contributed by atoms with Gasteiger partial charge in [-0.15, -0.1) is 0 Å².